The van der Waals surface area contributed by atoms with Gasteiger partial charge in [0.2, 0.25) is 0 Å². The molecule has 2 aliphatic heterocycles. The highest BCUT2D eigenvalue weighted by molar-refractivity contribution is 6.02. The lowest BCUT2D eigenvalue weighted by molar-refractivity contribution is 0.0259. The maximum absolute atomic E-state index is 13.3. The number of ether oxygens (including phenoxy) is 2. The van der Waals surface area contributed by atoms with E-state index < -0.39 is 0 Å². The van der Waals surface area contributed by atoms with Crippen LogP contribution in [-0.4, -0.2) is 75.0 Å². The Kier molecular flexibility index (Phi) is 5.22. The van der Waals surface area contributed by atoms with Gasteiger partial charge in [0, 0.05) is 32.4 Å². The molecule has 5 rings (SSSR count). The van der Waals surface area contributed by atoms with Gasteiger partial charge in [-0.1, -0.05) is 6.42 Å². The number of rotatable bonds is 3. The summed E-state index contributed by atoms with van der Waals surface area (Å²) >= 11 is 0. The largest absolute Gasteiger partial charge is 0.495 e. The third-order valence-electron chi connectivity index (χ3n) is 7.37. The monoisotopic (exact) mass is 441 g/mol. The quantitative estimate of drug-likeness (QED) is 0.727. The molecule has 2 aromatic rings. The number of fused-ring (bicyclic) bond motifs is 1. The number of likely N-dealkylation sites (tertiary alicyclic amines) is 1. The Hall–Kier alpha value is -2.84. The van der Waals surface area contributed by atoms with E-state index in [4.69, 9.17) is 9.47 Å². The number of carbonyl (C=O) groups is 2. The standard InChI is InChI=1S/C23H31N5O4/c1-15-18-19(31-3)17(13-24-20(18)26(2)25-15)21(29)27-11-7-16(8-12-27)28-14-23(32-22(28)30)9-5-4-6-10-23/h13,16H,4-12,14H2,1-3H3. The second-order valence-electron chi connectivity index (χ2n) is 9.38. The topological polar surface area (TPSA) is 89.8 Å². The van der Waals surface area contributed by atoms with Crippen LogP contribution in [-0.2, 0) is 11.8 Å². The molecule has 0 bridgehead atoms. The lowest BCUT2D eigenvalue weighted by Crippen LogP contribution is -2.48. The van der Waals surface area contributed by atoms with Crippen LogP contribution in [0.3, 0.4) is 0 Å². The minimum Gasteiger partial charge on any atom is -0.495 e. The first kappa shape index (κ1) is 21.0. The van der Waals surface area contributed by atoms with Gasteiger partial charge in [0.25, 0.3) is 5.91 Å². The molecule has 0 N–H and O–H groups in total. The normalized spacial score (nSPS) is 21.4. The maximum atomic E-state index is 13.3. The molecule has 1 aliphatic carbocycles. The zero-order valence-corrected chi connectivity index (χ0v) is 19.1. The maximum Gasteiger partial charge on any atom is 0.410 e. The van der Waals surface area contributed by atoms with E-state index in [1.165, 1.54) is 6.42 Å². The lowest BCUT2D eigenvalue weighted by atomic mass is 9.84. The number of piperidine rings is 1. The molecule has 4 heterocycles. The van der Waals surface area contributed by atoms with Crippen molar-refractivity contribution in [2.45, 2.75) is 63.5 Å². The molecule has 9 nitrogen and oxygen atoms in total. The first-order valence-electron chi connectivity index (χ1n) is 11.6. The van der Waals surface area contributed by atoms with Crippen LogP contribution in [0, 0.1) is 6.92 Å². The number of hydrogen-bond donors (Lipinski definition) is 0. The fourth-order valence-electron chi connectivity index (χ4n) is 5.68. The molecule has 0 radical (unpaired) electrons. The highest BCUT2D eigenvalue weighted by Gasteiger charge is 2.48. The number of pyridine rings is 1. The van der Waals surface area contributed by atoms with Crippen LogP contribution >= 0.6 is 0 Å². The number of methoxy groups -OCH3 is 1. The van der Waals surface area contributed by atoms with Crippen LogP contribution in [0.5, 0.6) is 5.75 Å². The summed E-state index contributed by atoms with van der Waals surface area (Å²) in [6.07, 6.45) is 8.33. The highest BCUT2D eigenvalue weighted by atomic mass is 16.6. The summed E-state index contributed by atoms with van der Waals surface area (Å²) in [5.41, 5.74) is 1.65. The summed E-state index contributed by atoms with van der Waals surface area (Å²) in [5.74, 6) is 0.431. The predicted octanol–water partition coefficient (Wildman–Crippen LogP) is 3.05. The Bertz CT molecular complexity index is 1050. The van der Waals surface area contributed by atoms with Crippen molar-refractivity contribution in [3.8, 4) is 5.75 Å². The first-order chi connectivity index (χ1) is 15.4. The molecule has 3 fully saturated rings. The Labute approximate surface area is 187 Å². The van der Waals surface area contributed by atoms with Crippen LogP contribution in [0.4, 0.5) is 4.79 Å². The Morgan fingerprint density at radius 3 is 2.62 bits per heavy atom. The summed E-state index contributed by atoms with van der Waals surface area (Å²) < 4.78 is 13.2. The van der Waals surface area contributed by atoms with Crippen molar-refractivity contribution in [3.63, 3.8) is 0 Å². The lowest BCUT2D eigenvalue weighted by Gasteiger charge is -2.36. The number of aryl methyl sites for hydroxylation is 2. The van der Waals surface area contributed by atoms with Gasteiger partial charge in [0.15, 0.2) is 5.65 Å². The summed E-state index contributed by atoms with van der Waals surface area (Å²) in [6, 6.07) is 0.121. The number of nitrogens with zero attached hydrogens (tertiary/aromatic N) is 5. The fraction of sp³-hybridized carbons (Fsp3) is 0.652. The minimum absolute atomic E-state index is 0.0919. The van der Waals surface area contributed by atoms with E-state index >= 15 is 0 Å². The van der Waals surface area contributed by atoms with Crippen molar-refractivity contribution in [2.24, 2.45) is 7.05 Å². The minimum atomic E-state index is -0.279. The van der Waals surface area contributed by atoms with Gasteiger partial charge >= 0.3 is 6.09 Å². The molecular formula is C23H31N5O4. The molecule has 1 spiro atoms. The molecular weight excluding hydrogens is 410 g/mol. The van der Waals surface area contributed by atoms with E-state index in [1.807, 2.05) is 23.8 Å². The van der Waals surface area contributed by atoms with Crippen molar-refractivity contribution < 1.29 is 19.1 Å². The number of hydrogen-bond acceptors (Lipinski definition) is 6. The van der Waals surface area contributed by atoms with Crippen molar-refractivity contribution in [2.75, 3.05) is 26.7 Å². The fourth-order valence-corrected chi connectivity index (χ4v) is 5.68. The molecule has 9 heteroatoms. The third kappa shape index (κ3) is 3.38. The second kappa shape index (κ2) is 7.94. The smallest absolute Gasteiger partial charge is 0.410 e. The van der Waals surface area contributed by atoms with Crippen molar-refractivity contribution >= 4 is 23.0 Å². The molecule has 32 heavy (non-hydrogen) atoms. The van der Waals surface area contributed by atoms with Gasteiger partial charge in [-0.05, 0) is 45.4 Å². The van der Waals surface area contributed by atoms with E-state index in [0.29, 0.717) is 36.6 Å². The van der Waals surface area contributed by atoms with Gasteiger partial charge in [-0.25, -0.2) is 9.78 Å². The average Bonchev–Trinajstić information content (AvgIpc) is 3.28. The zero-order chi connectivity index (χ0) is 22.5. The van der Waals surface area contributed by atoms with Crippen LogP contribution in [0.2, 0.25) is 0 Å². The number of amides is 2. The van der Waals surface area contributed by atoms with Gasteiger partial charge in [0.05, 0.1) is 24.7 Å². The third-order valence-corrected chi connectivity index (χ3v) is 7.37. The number of carbonyl (C=O) groups excluding carboxylic acids is 2. The van der Waals surface area contributed by atoms with E-state index in [0.717, 1.165) is 49.6 Å². The molecule has 2 saturated heterocycles. The Morgan fingerprint density at radius 1 is 1.22 bits per heavy atom. The van der Waals surface area contributed by atoms with Crippen LogP contribution < -0.4 is 4.74 Å². The summed E-state index contributed by atoms with van der Waals surface area (Å²) in [5, 5.41) is 5.18. The molecule has 1 saturated carbocycles. The van der Waals surface area contributed by atoms with E-state index in [2.05, 4.69) is 10.1 Å². The SMILES string of the molecule is COc1c(C(=O)N2CCC(N3CC4(CCCCC4)OC3=O)CC2)cnc2c1c(C)nn2C. The van der Waals surface area contributed by atoms with Gasteiger partial charge in [0.1, 0.15) is 16.9 Å². The second-order valence-corrected chi connectivity index (χ2v) is 9.38. The summed E-state index contributed by atoms with van der Waals surface area (Å²) in [4.78, 5) is 34.2. The Morgan fingerprint density at radius 2 is 1.94 bits per heavy atom. The summed E-state index contributed by atoms with van der Waals surface area (Å²) in [7, 11) is 3.40. The molecule has 2 amide bonds. The van der Waals surface area contributed by atoms with Crippen molar-refractivity contribution in [1.29, 1.82) is 0 Å². The first-order valence-corrected chi connectivity index (χ1v) is 11.6. The van der Waals surface area contributed by atoms with Crippen LogP contribution in [0.25, 0.3) is 11.0 Å². The van der Waals surface area contributed by atoms with Gasteiger partial charge in [-0.3, -0.25) is 9.48 Å². The Balaban J connectivity index is 1.29. The van der Waals surface area contributed by atoms with Crippen LogP contribution in [0.1, 0.15) is 61.0 Å². The van der Waals surface area contributed by atoms with Gasteiger partial charge in [-0.15, -0.1) is 0 Å². The summed E-state index contributed by atoms with van der Waals surface area (Å²) in [6.45, 7) is 3.76. The number of aromatic nitrogens is 3. The zero-order valence-electron chi connectivity index (χ0n) is 19.1. The molecule has 0 unspecified atom stereocenters. The van der Waals surface area contributed by atoms with E-state index in [-0.39, 0.29) is 23.6 Å². The van der Waals surface area contributed by atoms with Crippen LogP contribution in [0.15, 0.2) is 6.20 Å². The van der Waals surface area contributed by atoms with Crippen molar-refractivity contribution in [1.82, 2.24) is 24.6 Å². The van der Waals surface area contributed by atoms with E-state index in [9.17, 15) is 9.59 Å². The molecule has 172 valence electrons. The molecule has 2 aromatic heterocycles. The highest BCUT2D eigenvalue weighted by Crippen LogP contribution is 2.39. The predicted molar refractivity (Wildman–Crippen MR) is 118 cm³/mol. The van der Waals surface area contributed by atoms with Gasteiger partial charge < -0.3 is 19.3 Å². The molecule has 0 aromatic carbocycles. The average molecular weight is 442 g/mol. The van der Waals surface area contributed by atoms with E-state index in [1.54, 1.807) is 18.0 Å². The van der Waals surface area contributed by atoms with Gasteiger partial charge in [-0.2, -0.15) is 5.10 Å². The van der Waals surface area contributed by atoms with Crippen molar-refractivity contribution in [3.05, 3.63) is 17.5 Å². The molecule has 0 atom stereocenters. The molecule has 3 aliphatic rings.